The van der Waals surface area contributed by atoms with Gasteiger partial charge < -0.3 is 19.4 Å². The van der Waals surface area contributed by atoms with Crippen molar-refractivity contribution in [2.45, 2.75) is 79.1 Å². The van der Waals surface area contributed by atoms with Crippen molar-refractivity contribution in [2.24, 2.45) is 0 Å². The molecule has 10 nitrogen and oxygen atoms in total. The van der Waals surface area contributed by atoms with E-state index in [1.807, 2.05) is 45.0 Å². The Labute approximate surface area is 266 Å². The molecule has 6 rings (SSSR count). The molecule has 3 aliphatic rings. The van der Waals surface area contributed by atoms with E-state index in [2.05, 4.69) is 30.4 Å². The van der Waals surface area contributed by atoms with Gasteiger partial charge in [-0.25, -0.2) is 9.78 Å². The molecule has 3 aromatic heterocycles. The quantitative estimate of drug-likeness (QED) is 0.231. The number of cyclic esters (lactones) is 2. The molecule has 46 heavy (non-hydrogen) atoms. The Morgan fingerprint density at radius 1 is 1.04 bits per heavy atom. The Morgan fingerprint density at radius 2 is 1.76 bits per heavy atom. The topological polar surface area (TPSA) is 144 Å². The number of aryl methyl sites for hydroxylation is 2. The average molecular weight is 621 g/mol. The Morgan fingerprint density at radius 3 is 2.46 bits per heavy atom. The first-order valence-electron chi connectivity index (χ1n) is 15.5. The number of allylic oxidation sites excluding steroid dienone is 2. The van der Waals surface area contributed by atoms with Crippen molar-refractivity contribution >= 4 is 63.2 Å². The second kappa shape index (κ2) is 11.7. The number of aromatic amines is 2. The van der Waals surface area contributed by atoms with E-state index >= 15 is 0 Å². The van der Waals surface area contributed by atoms with Crippen molar-refractivity contribution in [1.29, 1.82) is 0 Å². The minimum atomic E-state index is -0.729. The highest BCUT2D eigenvalue weighted by Gasteiger charge is 2.36. The summed E-state index contributed by atoms with van der Waals surface area (Å²) in [6.45, 7) is 15.2. The van der Waals surface area contributed by atoms with Crippen LogP contribution in [0.25, 0.3) is 39.3 Å². The number of aromatic nitrogens is 4. The lowest BCUT2D eigenvalue weighted by Crippen LogP contribution is -2.14. The summed E-state index contributed by atoms with van der Waals surface area (Å²) in [5.74, 6) is -3.23. The third-order valence-electron chi connectivity index (χ3n) is 9.39. The van der Waals surface area contributed by atoms with Gasteiger partial charge >= 0.3 is 23.9 Å². The van der Waals surface area contributed by atoms with Crippen LogP contribution in [-0.2, 0) is 30.3 Å². The number of esters is 4. The minimum absolute atomic E-state index is 0.0294. The number of ether oxygens (including phenoxy) is 2. The zero-order valence-electron chi connectivity index (χ0n) is 26.8. The molecule has 0 fully saturated rings. The van der Waals surface area contributed by atoms with Gasteiger partial charge in [-0.2, -0.15) is 0 Å². The van der Waals surface area contributed by atoms with Crippen LogP contribution in [0.2, 0.25) is 0 Å². The van der Waals surface area contributed by atoms with Gasteiger partial charge in [0.15, 0.2) is 0 Å². The van der Waals surface area contributed by atoms with E-state index in [0.29, 0.717) is 34.3 Å². The van der Waals surface area contributed by atoms with Crippen molar-refractivity contribution in [3.63, 3.8) is 0 Å². The number of nitrogens with one attached hydrogen (secondary N) is 2. The fourth-order valence-corrected chi connectivity index (χ4v) is 6.90. The fraction of sp³-hybridized carbons (Fsp3) is 0.333. The van der Waals surface area contributed by atoms with Gasteiger partial charge in [-0.05, 0) is 74.1 Å². The number of rotatable bonds is 5. The second-order valence-corrected chi connectivity index (χ2v) is 12.1. The lowest BCUT2D eigenvalue weighted by atomic mass is 9.85. The molecule has 10 heteroatoms. The Kier molecular flexibility index (Phi) is 7.83. The molecule has 236 valence electrons. The molecule has 8 bridgehead atoms. The summed E-state index contributed by atoms with van der Waals surface area (Å²) in [7, 11) is 0. The number of carbonyl (C=O) groups is 4. The van der Waals surface area contributed by atoms with Gasteiger partial charge in [-0.15, -0.1) is 0 Å². The van der Waals surface area contributed by atoms with Crippen LogP contribution in [0.15, 0.2) is 24.8 Å². The largest absolute Gasteiger partial charge is 0.393 e. The molecule has 0 radical (unpaired) electrons. The zero-order chi connectivity index (χ0) is 33.0. The highest BCUT2D eigenvalue weighted by atomic mass is 16.6. The summed E-state index contributed by atoms with van der Waals surface area (Å²) in [6.07, 6.45) is 2.67. The molecule has 0 aromatic carbocycles. The number of fused-ring (bicyclic) bond motifs is 8. The highest BCUT2D eigenvalue weighted by Crippen LogP contribution is 2.43. The van der Waals surface area contributed by atoms with Gasteiger partial charge in [0.2, 0.25) is 0 Å². The van der Waals surface area contributed by atoms with Gasteiger partial charge in [0.1, 0.15) is 0 Å². The van der Waals surface area contributed by atoms with E-state index in [1.54, 1.807) is 0 Å². The number of carbonyl (C=O) groups excluding carboxylic acids is 4. The molecule has 0 saturated carbocycles. The summed E-state index contributed by atoms with van der Waals surface area (Å²) in [5, 5.41) is 0. The standard InChI is InChI=1S/C36H36N4O6/c1-8-21-16(3)25-13-27-18(5)23(10-11-31(42)45-20(7)41)34(39-27)24-12-32(43)46-36(44)33-19(6)28(40-35(24)33)15-30-22(9-2)17(4)26(38-30)14-29(21)37-25/h8,13-15,18,23,37,40H,1,9-12H2,2-7H3. The molecule has 6 heterocycles. The van der Waals surface area contributed by atoms with E-state index in [4.69, 9.17) is 19.4 Å². The van der Waals surface area contributed by atoms with Crippen LogP contribution in [0.1, 0.15) is 114 Å². The van der Waals surface area contributed by atoms with Gasteiger partial charge in [-0.1, -0.05) is 26.5 Å². The first-order valence-corrected chi connectivity index (χ1v) is 15.5. The molecule has 2 atom stereocenters. The number of hydrogen-bond acceptors (Lipinski definition) is 8. The average Bonchev–Trinajstić information content (AvgIpc) is 3.64. The van der Waals surface area contributed by atoms with Crippen LogP contribution in [0, 0.1) is 13.8 Å². The predicted octanol–water partition coefficient (Wildman–Crippen LogP) is 6.91. The number of H-pyrrole nitrogens is 2. The number of hydrogen-bond donors (Lipinski definition) is 2. The lowest BCUT2D eigenvalue weighted by Gasteiger charge is -2.17. The molecular formula is C36H36N4O6. The fourth-order valence-electron chi connectivity index (χ4n) is 6.90. The first kappa shape index (κ1) is 30.9. The molecular weight excluding hydrogens is 584 g/mol. The third kappa shape index (κ3) is 5.17. The summed E-state index contributed by atoms with van der Waals surface area (Å²) in [5.41, 5.74) is 11.3. The molecule has 3 aliphatic heterocycles. The molecule has 0 aliphatic carbocycles. The third-order valence-corrected chi connectivity index (χ3v) is 9.39. The van der Waals surface area contributed by atoms with Crippen LogP contribution in [0.3, 0.4) is 0 Å². The molecule has 2 N–H and O–H groups in total. The van der Waals surface area contributed by atoms with Crippen LogP contribution >= 0.6 is 0 Å². The smallest absolute Gasteiger partial charge is 0.348 e. The zero-order valence-corrected chi connectivity index (χ0v) is 26.8. The van der Waals surface area contributed by atoms with E-state index < -0.39 is 23.9 Å². The normalized spacial score (nSPS) is 17.5. The SMILES string of the molecule is C=Cc1c(C)c2cc3nc(c4c5[nH]c(cc6nc(cc1[nH]2)C(C)=C6CC)c(C)c5C(=O)OC(=O)C4)C(CCC(=O)OC(C)=O)C3C. The molecule has 0 saturated heterocycles. The Bertz CT molecular complexity index is 2080. The van der Waals surface area contributed by atoms with Crippen molar-refractivity contribution in [3.8, 4) is 0 Å². The van der Waals surface area contributed by atoms with Crippen LogP contribution in [0.5, 0.6) is 0 Å². The van der Waals surface area contributed by atoms with E-state index in [0.717, 1.165) is 56.8 Å². The van der Waals surface area contributed by atoms with Crippen LogP contribution < -0.4 is 0 Å². The van der Waals surface area contributed by atoms with Gasteiger partial charge in [0, 0.05) is 58.6 Å². The first-order chi connectivity index (χ1) is 21.9. The summed E-state index contributed by atoms with van der Waals surface area (Å²) >= 11 is 0. The molecule has 2 unspecified atom stereocenters. The Hall–Kier alpha value is -5.12. The van der Waals surface area contributed by atoms with Gasteiger partial charge in [0.05, 0.1) is 34.6 Å². The summed E-state index contributed by atoms with van der Waals surface area (Å²) in [6, 6.07) is 5.95. The van der Waals surface area contributed by atoms with E-state index in [9.17, 15) is 19.2 Å². The maximum atomic E-state index is 13.3. The van der Waals surface area contributed by atoms with Crippen LogP contribution in [-0.4, -0.2) is 43.8 Å². The van der Waals surface area contributed by atoms with Crippen molar-refractivity contribution in [1.82, 2.24) is 19.9 Å². The molecule has 3 aromatic rings. The van der Waals surface area contributed by atoms with Gasteiger partial charge in [-0.3, -0.25) is 19.4 Å². The van der Waals surface area contributed by atoms with Crippen molar-refractivity contribution in [3.05, 3.63) is 75.4 Å². The number of nitrogens with zero attached hydrogens (tertiary/aromatic N) is 2. The second-order valence-electron chi connectivity index (χ2n) is 12.1. The Balaban J connectivity index is 1.74. The van der Waals surface area contributed by atoms with E-state index in [-0.39, 0.29) is 30.2 Å². The maximum absolute atomic E-state index is 13.3. The lowest BCUT2D eigenvalue weighted by molar-refractivity contribution is -0.158. The van der Waals surface area contributed by atoms with Crippen molar-refractivity contribution in [2.75, 3.05) is 0 Å². The highest BCUT2D eigenvalue weighted by molar-refractivity contribution is 6.09. The summed E-state index contributed by atoms with van der Waals surface area (Å²) < 4.78 is 10.1. The van der Waals surface area contributed by atoms with Gasteiger partial charge in [0.25, 0.3) is 0 Å². The van der Waals surface area contributed by atoms with Crippen LogP contribution in [0.4, 0.5) is 0 Å². The van der Waals surface area contributed by atoms with Crippen molar-refractivity contribution < 1.29 is 28.7 Å². The molecule has 0 spiro atoms. The maximum Gasteiger partial charge on any atom is 0.348 e. The monoisotopic (exact) mass is 620 g/mol. The predicted molar refractivity (Wildman–Crippen MR) is 175 cm³/mol. The minimum Gasteiger partial charge on any atom is -0.393 e. The molecule has 0 amide bonds. The van der Waals surface area contributed by atoms with E-state index in [1.165, 1.54) is 6.92 Å². The summed E-state index contributed by atoms with van der Waals surface area (Å²) in [4.78, 5) is 67.3.